The smallest absolute Gasteiger partial charge is 0.226 e. The number of nitrogens with two attached hydrogens (primary N) is 1. The van der Waals surface area contributed by atoms with Gasteiger partial charge in [-0.25, -0.2) is 0 Å². The fraction of sp³-hybridized carbons (Fsp3) is 0.600. The fourth-order valence-corrected chi connectivity index (χ4v) is 2.76. The average Bonchev–Trinajstić information content (AvgIpc) is 2.42. The molecule has 1 atom stereocenters. The van der Waals surface area contributed by atoms with Gasteiger partial charge in [-0.05, 0) is 37.8 Å². The highest BCUT2D eigenvalue weighted by Gasteiger charge is 2.21. The Kier molecular flexibility index (Phi) is 6.79. The number of nitrogens with one attached hydrogen (secondary N) is 1. The van der Waals surface area contributed by atoms with E-state index in [0.717, 1.165) is 5.69 Å². The van der Waals surface area contributed by atoms with E-state index in [1.807, 2.05) is 0 Å². The zero-order valence-corrected chi connectivity index (χ0v) is 12.8. The van der Waals surface area contributed by atoms with Crippen LogP contribution in [0.3, 0.4) is 0 Å². The van der Waals surface area contributed by atoms with Gasteiger partial charge in [0.1, 0.15) is 0 Å². The summed E-state index contributed by atoms with van der Waals surface area (Å²) >= 11 is 0. The van der Waals surface area contributed by atoms with Crippen molar-refractivity contribution in [2.24, 2.45) is 5.92 Å². The van der Waals surface area contributed by atoms with E-state index in [0.29, 0.717) is 18.0 Å². The van der Waals surface area contributed by atoms with Crippen LogP contribution in [-0.2, 0) is 11.2 Å². The van der Waals surface area contributed by atoms with Crippen LogP contribution in [0, 0.1) is 5.92 Å². The molecule has 0 aromatic carbocycles. The van der Waals surface area contributed by atoms with Crippen LogP contribution in [0.15, 0.2) is 18.3 Å². The highest BCUT2D eigenvalue weighted by molar-refractivity contribution is 5.85. The van der Waals surface area contributed by atoms with Crippen molar-refractivity contribution in [2.75, 3.05) is 5.73 Å². The van der Waals surface area contributed by atoms with Gasteiger partial charge in [0.15, 0.2) is 0 Å². The maximum Gasteiger partial charge on any atom is 0.226 e. The number of hydrogen-bond acceptors (Lipinski definition) is 3. The molecule has 1 aromatic rings. The Labute approximate surface area is 126 Å². The number of carbonyl (C=O) groups excluding carboxylic acids is 1. The molecule has 20 heavy (non-hydrogen) atoms. The molecule has 0 spiro atoms. The highest BCUT2D eigenvalue weighted by Crippen LogP contribution is 2.26. The molecule has 0 bridgehead atoms. The van der Waals surface area contributed by atoms with Crippen molar-refractivity contribution < 1.29 is 4.79 Å². The van der Waals surface area contributed by atoms with Gasteiger partial charge in [0.05, 0.1) is 18.3 Å². The van der Waals surface area contributed by atoms with Crippen LogP contribution in [0.5, 0.6) is 0 Å². The van der Waals surface area contributed by atoms with Crippen molar-refractivity contribution in [3.8, 4) is 0 Å². The molecule has 1 aliphatic rings. The van der Waals surface area contributed by atoms with E-state index in [4.69, 9.17) is 5.73 Å². The number of hydrogen-bond donors (Lipinski definition) is 2. The Morgan fingerprint density at radius 3 is 2.70 bits per heavy atom. The first kappa shape index (κ1) is 16.8. The van der Waals surface area contributed by atoms with Crippen molar-refractivity contribution in [3.05, 3.63) is 24.0 Å². The summed E-state index contributed by atoms with van der Waals surface area (Å²) in [5.74, 6) is 0.687. The van der Waals surface area contributed by atoms with Gasteiger partial charge in [-0.15, -0.1) is 12.4 Å². The largest absolute Gasteiger partial charge is 0.397 e. The van der Waals surface area contributed by atoms with Gasteiger partial charge in [-0.1, -0.05) is 19.3 Å². The Morgan fingerprint density at radius 2 is 2.10 bits per heavy atom. The Balaban J connectivity index is 0.00000200. The van der Waals surface area contributed by atoms with Gasteiger partial charge in [0, 0.05) is 11.7 Å². The van der Waals surface area contributed by atoms with E-state index >= 15 is 0 Å². The molecule has 0 radical (unpaired) electrons. The minimum absolute atomic E-state index is 0. The third-order valence-electron chi connectivity index (χ3n) is 3.93. The third kappa shape index (κ3) is 5.00. The van der Waals surface area contributed by atoms with E-state index in [2.05, 4.69) is 17.2 Å². The second-order valence-corrected chi connectivity index (χ2v) is 5.51. The van der Waals surface area contributed by atoms with Gasteiger partial charge < -0.3 is 11.1 Å². The van der Waals surface area contributed by atoms with Crippen LogP contribution in [0.4, 0.5) is 5.69 Å². The monoisotopic (exact) mass is 297 g/mol. The predicted octanol–water partition coefficient (Wildman–Crippen LogP) is 2.71. The number of nitrogens with zero attached hydrogens (tertiary/aromatic N) is 1. The summed E-state index contributed by atoms with van der Waals surface area (Å²) in [5, 5.41) is 3.10. The third-order valence-corrected chi connectivity index (χ3v) is 3.93. The molecule has 1 heterocycles. The lowest BCUT2D eigenvalue weighted by Crippen LogP contribution is -2.39. The van der Waals surface area contributed by atoms with Crippen molar-refractivity contribution in [3.63, 3.8) is 0 Å². The van der Waals surface area contributed by atoms with E-state index in [9.17, 15) is 4.79 Å². The summed E-state index contributed by atoms with van der Waals surface area (Å²) in [6, 6.07) is 3.85. The molecule has 0 saturated heterocycles. The highest BCUT2D eigenvalue weighted by atomic mass is 35.5. The zero-order chi connectivity index (χ0) is 13.7. The Hall–Kier alpha value is -1.29. The molecule has 0 aliphatic heterocycles. The second-order valence-electron chi connectivity index (χ2n) is 5.51. The van der Waals surface area contributed by atoms with Crippen LogP contribution in [0.1, 0.15) is 44.7 Å². The van der Waals surface area contributed by atoms with Gasteiger partial charge in [0.25, 0.3) is 0 Å². The summed E-state index contributed by atoms with van der Waals surface area (Å²) in [4.78, 5) is 16.1. The number of halogens is 1. The molecule has 1 saturated carbocycles. The molecule has 1 unspecified atom stereocenters. The van der Waals surface area contributed by atoms with E-state index in [-0.39, 0.29) is 24.4 Å². The van der Waals surface area contributed by atoms with Crippen LogP contribution in [0.25, 0.3) is 0 Å². The fourth-order valence-electron chi connectivity index (χ4n) is 2.76. The number of amides is 1. The number of pyridine rings is 1. The van der Waals surface area contributed by atoms with Crippen molar-refractivity contribution in [1.82, 2.24) is 10.3 Å². The summed E-state index contributed by atoms with van der Waals surface area (Å²) in [5.41, 5.74) is 6.96. The minimum Gasteiger partial charge on any atom is -0.397 e. The van der Waals surface area contributed by atoms with Crippen molar-refractivity contribution in [2.45, 2.75) is 51.5 Å². The van der Waals surface area contributed by atoms with Crippen molar-refractivity contribution >= 4 is 24.0 Å². The molecule has 5 heteroatoms. The Morgan fingerprint density at radius 1 is 1.40 bits per heavy atom. The molecule has 1 amide bonds. The standard InChI is InChI=1S/C15H23N3O.ClH/c1-11(12-5-3-2-4-6-12)18-15(19)9-14-8-7-13(16)10-17-14;/h7-8,10-12H,2-6,9,16H2,1H3,(H,18,19);1H. The van der Waals surface area contributed by atoms with Crippen LogP contribution in [-0.4, -0.2) is 16.9 Å². The first-order valence-electron chi connectivity index (χ1n) is 7.15. The van der Waals surface area contributed by atoms with Crippen LogP contribution < -0.4 is 11.1 Å². The topological polar surface area (TPSA) is 68.0 Å². The normalized spacial score (nSPS) is 17.1. The van der Waals surface area contributed by atoms with E-state index in [1.54, 1.807) is 18.3 Å². The minimum atomic E-state index is 0. The lowest BCUT2D eigenvalue weighted by molar-refractivity contribution is -0.121. The summed E-state index contributed by atoms with van der Waals surface area (Å²) in [6.45, 7) is 2.12. The van der Waals surface area contributed by atoms with Gasteiger partial charge in [0.2, 0.25) is 5.91 Å². The van der Waals surface area contributed by atoms with E-state index in [1.165, 1.54) is 32.1 Å². The summed E-state index contributed by atoms with van der Waals surface area (Å²) in [6.07, 6.45) is 8.33. The van der Waals surface area contributed by atoms with Crippen LogP contribution in [0.2, 0.25) is 0 Å². The van der Waals surface area contributed by atoms with E-state index < -0.39 is 0 Å². The maximum atomic E-state index is 12.0. The zero-order valence-electron chi connectivity index (χ0n) is 12.0. The lowest BCUT2D eigenvalue weighted by atomic mass is 9.84. The summed E-state index contributed by atoms with van der Waals surface area (Å²) < 4.78 is 0. The SMILES string of the molecule is CC(NC(=O)Cc1ccc(N)cn1)C1CCCCC1.Cl. The number of anilines is 1. The van der Waals surface area contributed by atoms with Crippen LogP contribution >= 0.6 is 12.4 Å². The summed E-state index contributed by atoms with van der Waals surface area (Å²) in [7, 11) is 0. The van der Waals surface area contributed by atoms with Gasteiger partial charge >= 0.3 is 0 Å². The average molecular weight is 298 g/mol. The molecule has 4 nitrogen and oxygen atoms in total. The van der Waals surface area contributed by atoms with Gasteiger partial charge in [-0.3, -0.25) is 9.78 Å². The molecule has 3 N–H and O–H groups in total. The molecular weight excluding hydrogens is 274 g/mol. The van der Waals surface area contributed by atoms with Crippen molar-refractivity contribution in [1.29, 1.82) is 0 Å². The number of aromatic nitrogens is 1. The maximum absolute atomic E-state index is 12.0. The number of carbonyl (C=O) groups is 1. The molecule has 1 fully saturated rings. The molecule has 112 valence electrons. The first-order valence-corrected chi connectivity index (χ1v) is 7.15. The lowest BCUT2D eigenvalue weighted by Gasteiger charge is -2.28. The van der Waals surface area contributed by atoms with Gasteiger partial charge in [-0.2, -0.15) is 0 Å². The number of nitrogen functional groups attached to an aromatic ring is 1. The first-order chi connectivity index (χ1) is 9.15. The second kappa shape index (κ2) is 8.10. The quantitative estimate of drug-likeness (QED) is 0.898. The molecule has 1 aromatic heterocycles. The number of rotatable bonds is 4. The Bertz CT molecular complexity index is 416. The molecule has 2 rings (SSSR count). The predicted molar refractivity (Wildman–Crippen MR) is 83.8 cm³/mol. The molecular formula is C15H24ClN3O. The molecule has 1 aliphatic carbocycles.